The summed E-state index contributed by atoms with van der Waals surface area (Å²) in [5.41, 5.74) is 1.05. The molecule has 18 heavy (non-hydrogen) atoms. The molecule has 1 unspecified atom stereocenters. The first-order valence-corrected chi connectivity index (χ1v) is 7.80. The summed E-state index contributed by atoms with van der Waals surface area (Å²) in [6.07, 6.45) is 0.579. The number of amides is 1. The van der Waals surface area contributed by atoms with Crippen LogP contribution in [0.15, 0.2) is 28.7 Å². The number of halogens is 2. The van der Waals surface area contributed by atoms with Crippen molar-refractivity contribution >= 4 is 37.8 Å². The van der Waals surface area contributed by atoms with E-state index in [0.29, 0.717) is 26.1 Å². The van der Waals surface area contributed by atoms with Crippen LogP contribution < -0.4 is 0 Å². The number of hydrogen-bond donors (Lipinski definition) is 0. The molecule has 0 aliphatic carbocycles. The minimum absolute atomic E-state index is 0.118. The third-order valence-corrected chi connectivity index (χ3v) is 4.18. The predicted octanol–water partition coefficient (Wildman–Crippen LogP) is 2.61. The molecule has 1 amide bonds. The van der Waals surface area contributed by atoms with Crippen LogP contribution in [0.25, 0.3) is 0 Å². The second-order valence-electron chi connectivity index (χ2n) is 4.29. The first-order valence-electron chi connectivity index (χ1n) is 5.89. The molecule has 98 valence electrons. The van der Waals surface area contributed by atoms with Gasteiger partial charge in [0.1, 0.15) is 0 Å². The van der Waals surface area contributed by atoms with Crippen molar-refractivity contribution in [1.29, 1.82) is 0 Å². The maximum absolute atomic E-state index is 12.2. The SMILES string of the molecule is O=C(Cc1ccc(Br)cc1)N1CCOC(CBr)C1. The van der Waals surface area contributed by atoms with Crippen molar-refractivity contribution in [1.82, 2.24) is 4.90 Å². The molecule has 5 heteroatoms. The van der Waals surface area contributed by atoms with Crippen LogP contribution in [0.1, 0.15) is 5.56 Å². The molecule has 1 saturated heterocycles. The lowest BCUT2D eigenvalue weighted by atomic mass is 10.1. The largest absolute Gasteiger partial charge is 0.374 e. The fourth-order valence-corrected chi connectivity index (χ4v) is 2.58. The van der Waals surface area contributed by atoms with Gasteiger partial charge in [0.05, 0.1) is 19.1 Å². The van der Waals surface area contributed by atoms with Crippen LogP contribution in [0.4, 0.5) is 0 Å². The zero-order chi connectivity index (χ0) is 13.0. The number of benzene rings is 1. The van der Waals surface area contributed by atoms with Gasteiger partial charge >= 0.3 is 0 Å². The fourth-order valence-electron chi connectivity index (χ4n) is 1.93. The molecule has 1 aliphatic rings. The molecule has 0 bridgehead atoms. The molecule has 0 saturated carbocycles. The normalized spacial score (nSPS) is 19.9. The smallest absolute Gasteiger partial charge is 0.227 e. The monoisotopic (exact) mass is 375 g/mol. The van der Waals surface area contributed by atoms with Gasteiger partial charge in [0.15, 0.2) is 0 Å². The highest BCUT2D eigenvalue weighted by atomic mass is 79.9. The fraction of sp³-hybridized carbons (Fsp3) is 0.462. The quantitative estimate of drug-likeness (QED) is 0.759. The summed E-state index contributed by atoms with van der Waals surface area (Å²) >= 11 is 6.78. The molecule has 1 aliphatic heterocycles. The first-order chi connectivity index (χ1) is 8.69. The number of alkyl halides is 1. The number of morpholine rings is 1. The van der Waals surface area contributed by atoms with Crippen molar-refractivity contribution in [3.8, 4) is 0 Å². The van der Waals surface area contributed by atoms with Crippen molar-refractivity contribution in [3.05, 3.63) is 34.3 Å². The van der Waals surface area contributed by atoms with E-state index in [4.69, 9.17) is 4.74 Å². The van der Waals surface area contributed by atoms with E-state index >= 15 is 0 Å². The van der Waals surface area contributed by atoms with Crippen LogP contribution >= 0.6 is 31.9 Å². The Hall–Kier alpha value is -0.390. The molecule has 1 atom stereocenters. The van der Waals surface area contributed by atoms with Gasteiger partial charge in [-0.05, 0) is 17.7 Å². The van der Waals surface area contributed by atoms with Crippen LogP contribution in [0.5, 0.6) is 0 Å². The van der Waals surface area contributed by atoms with Crippen LogP contribution in [0.2, 0.25) is 0 Å². The Morgan fingerprint density at radius 2 is 2.11 bits per heavy atom. The van der Waals surface area contributed by atoms with Gasteiger partial charge in [0.2, 0.25) is 5.91 Å². The molecule has 1 fully saturated rings. The Morgan fingerprint density at radius 1 is 1.39 bits per heavy atom. The summed E-state index contributed by atoms with van der Waals surface area (Å²) in [5, 5.41) is 0.773. The standard InChI is InChI=1S/C13H15Br2NO2/c14-8-12-9-16(5-6-18-12)13(17)7-10-1-3-11(15)4-2-10/h1-4,12H,5-9H2. The van der Waals surface area contributed by atoms with Gasteiger partial charge in [0.25, 0.3) is 0 Å². The third kappa shape index (κ3) is 3.80. The van der Waals surface area contributed by atoms with Crippen LogP contribution in [-0.2, 0) is 16.0 Å². The Labute approximate surface area is 124 Å². The number of carbonyl (C=O) groups excluding carboxylic acids is 1. The predicted molar refractivity (Wildman–Crippen MR) is 78.0 cm³/mol. The summed E-state index contributed by atoms with van der Waals surface area (Å²) in [7, 11) is 0. The van der Waals surface area contributed by atoms with Gasteiger partial charge in [-0.3, -0.25) is 4.79 Å². The highest BCUT2D eigenvalue weighted by molar-refractivity contribution is 9.10. The average molecular weight is 377 g/mol. The van der Waals surface area contributed by atoms with E-state index in [9.17, 15) is 4.79 Å². The lowest BCUT2D eigenvalue weighted by molar-refractivity contribution is -0.137. The van der Waals surface area contributed by atoms with Gasteiger partial charge in [-0.1, -0.05) is 44.0 Å². The zero-order valence-electron chi connectivity index (χ0n) is 9.94. The van der Waals surface area contributed by atoms with E-state index in [-0.39, 0.29) is 12.0 Å². The summed E-state index contributed by atoms with van der Waals surface area (Å²) in [5.74, 6) is 0.173. The second-order valence-corrected chi connectivity index (χ2v) is 5.85. The van der Waals surface area contributed by atoms with Crippen molar-refractivity contribution in [2.45, 2.75) is 12.5 Å². The molecule has 1 heterocycles. The summed E-state index contributed by atoms with van der Waals surface area (Å²) in [6, 6.07) is 7.88. The summed E-state index contributed by atoms with van der Waals surface area (Å²) < 4.78 is 6.56. The van der Waals surface area contributed by atoms with Gasteiger partial charge in [-0.25, -0.2) is 0 Å². The van der Waals surface area contributed by atoms with E-state index in [1.54, 1.807) is 0 Å². The van der Waals surface area contributed by atoms with E-state index in [0.717, 1.165) is 15.4 Å². The Kier molecular flexibility index (Phi) is 5.21. The molecular weight excluding hydrogens is 362 g/mol. The van der Waals surface area contributed by atoms with Crippen LogP contribution in [0, 0.1) is 0 Å². The zero-order valence-corrected chi connectivity index (χ0v) is 13.1. The van der Waals surface area contributed by atoms with E-state index in [1.807, 2.05) is 29.2 Å². The topological polar surface area (TPSA) is 29.5 Å². The maximum Gasteiger partial charge on any atom is 0.227 e. The van der Waals surface area contributed by atoms with Crippen molar-refractivity contribution in [2.75, 3.05) is 25.0 Å². The number of ether oxygens (including phenoxy) is 1. The average Bonchev–Trinajstić information content (AvgIpc) is 2.41. The van der Waals surface area contributed by atoms with Crippen molar-refractivity contribution in [2.24, 2.45) is 0 Å². The molecule has 2 rings (SSSR count). The Morgan fingerprint density at radius 3 is 2.78 bits per heavy atom. The molecule has 0 spiro atoms. The Bertz CT molecular complexity index is 408. The second kappa shape index (κ2) is 6.68. The number of carbonyl (C=O) groups is 1. The Balaban J connectivity index is 1.93. The van der Waals surface area contributed by atoms with Gasteiger partial charge in [-0.15, -0.1) is 0 Å². The number of nitrogens with zero attached hydrogens (tertiary/aromatic N) is 1. The van der Waals surface area contributed by atoms with E-state index in [1.165, 1.54) is 0 Å². The van der Waals surface area contributed by atoms with Crippen molar-refractivity contribution in [3.63, 3.8) is 0 Å². The highest BCUT2D eigenvalue weighted by Crippen LogP contribution is 2.13. The molecule has 1 aromatic rings. The number of rotatable bonds is 3. The molecule has 1 aromatic carbocycles. The van der Waals surface area contributed by atoms with Crippen LogP contribution in [0.3, 0.4) is 0 Å². The van der Waals surface area contributed by atoms with Crippen LogP contribution in [-0.4, -0.2) is 41.9 Å². The lowest BCUT2D eigenvalue weighted by Crippen LogP contribution is -2.46. The first kappa shape index (κ1) is 14.0. The highest BCUT2D eigenvalue weighted by Gasteiger charge is 2.23. The summed E-state index contributed by atoms with van der Waals surface area (Å²) in [6.45, 7) is 2.00. The third-order valence-electron chi connectivity index (χ3n) is 2.93. The molecule has 3 nitrogen and oxygen atoms in total. The summed E-state index contributed by atoms with van der Waals surface area (Å²) in [4.78, 5) is 14.0. The van der Waals surface area contributed by atoms with Gasteiger partial charge < -0.3 is 9.64 Å². The van der Waals surface area contributed by atoms with Gasteiger partial charge in [0, 0.05) is 22.9 Å². The van der Waals surface area contributed by atoms with Crippen molar-refractivity contribution < 1.29 is 9.53 Å². The molecule has 0 N–H and O–H groups in total. The van der Waals surface area contributed by atoms with Gasteiger partial charge in [-0.2, -0.15) is 0 Å². The molecule has 0 radical (unpaired) electrons. The minimum Gasteiger partial charge on any atom is -0.374 e. The lowest BCUT2D eigenvalue weighted by Gasteiger charge is -2.32. The van der Waals surface area contributed by atoms with E-state index < -0.39 is 0 Å². The minimum atomic E-state index is 0.118. The molecule has 0 aromatic heterocycles. The number of hydrogen-bond acceptors (Lipinski definition) is 2. The van der Waals surface area contributed by atoms with E-state index in [2.05, 4.69) is 31.9 Å². The molecular formula is C13H15Br2NO2. The maximum atomic E-state index is 12.2.